The van der Waals surface area contributed by atoms with Crippen molar-refractivity contribution < 1.29 is 0 Å². The average Bonchev–Trinajstić information content (AvgIpc) is 2.64. The smallest absolute Gasteiger partial charge is 0.138 e. The van der Waals surface area contributed by atoms with E-state index in [2.05, 4.69) is 70.1 Å². The molecule has 0 N–H and O–H groups in total. The maximum atomic E-state index is 4.46. The first-order chi connectivity index (χ1) is 11.8. The quantitative estimate of drug-likeness (QED) is 0.679. The lowest BCUT2D eigenvalue weighted by molar-refractivity contribution is 0.884. The van der Waals surface area contributed by atoms with Crippen LogP contribution in [0.5, 0.6) is 0 Å². The monoisotopic (exact) mass is 318 g/mol. The topological polar surface area (TPSA) is 32.3 Å². The van der Waals surface area contributed by atoms with Crippen molar-refractivity contribution in [3.63, 3.8) is 0 Å². The van der Waals surface area contributed by atoms with Gasteiger partial charge >= 0.3 is 0 Å². The molecule has 0 fully saturated rings. The largest absolute Gasteiger partial charge is 0.355 e. The Morgan fingerprint density at radius 1 is 0.833 bits per heavy atom. The van der Waals surface area contributed by atoms with E-state index in [1.165, 1.54) is 5.56 Å². The molecule has 0 unspecified atom stereocenters. The van der Waals surface area contributed by atoms with Gasteiger partial charge in [0.15, 0.2) is 0 Å². The summed E-state index contributed by atoms with van der Waals surface area (Å²) in [7, 11) is 2.05. The van der Waals surface area contributed by atoms with Gasteiger partial charge in [-0.2, -0.15) is 0 Å². The summed E-state index contributed by atoms with van der Waals surface area (Å²) < 4.78 is 0. The predicted octanol–water partition coefficient (Wildman–Crippen LogP) is 4.27. The molecule has 4 heteroatoms. The molecular weight excluding hydrogens is 296 g/mol. The summed E-state index contributed by atoms with van der Waals surface area (Å²) >= 11 is 0. The molecule has 0 atom stereocenters. The summed E-state index contributed by atoms with van der Waals surface area (Å²) in [5, 5.41) is 0. The van der Waals surface area contributed by atoms with Crippen molar-refractivity contribution in [1.29, 1.82) is 0 Å². The molecule has 0 bridgehead atoms. The van der Waals surface area contributed by atoms with E-state index in [0.717, 1.165) is 30.4 Å². The molecule has 0 saturated heterocycles. The van der Waals surface area contributed by atoms with Crippen molar-refractivity contribution in [2.75, 3.05) is 23.4 Å². The van der Waals surface area contributed by atoms with E-state index in [1.54, 1.807) is 6.33 Å². The summed E-state index contributed by atoms with van der Waals surface area (Å²) in [4.78, 5) is 13.2. The molecule has 3 rings (SSSR count). The van der Waals surface area contributed by atoms with Gasteiger partial charge in [0, 0.05) is 31.9 Å². The summed E-state index contributed by atoms with van der Waals surface area (Å²) in [6.45, 7) is 3.79. The van der Waals surface area contributed by atoms with Crippen LogP contribution in [0.2, 0.25) is 0 Å². The van der Waals surface area contributed by atoms with Crippen molar-refractivity contribution >= 4 is 17.3 Å². The first-order valence-electron chi connectivity index (χ1n) is 8.17. The fourth-order valence-corrected chi connectivity index (χ4v) is 2.72. The number of rotatable bonds is 6. The highest BCUT2D eigenvalue weighted by Gasteiger charge is 2.11. The lowest BCUT2D eigenvalue weighted by Gasteiger charge is -2.24. The van der Waals surface area contributed by atoms with Crippen molar-refractivity contribution in [3.05, 3.63) is 78.6 Å². The Balaban J connectivity index is 1.83. The molecule has 0 aliphatic rings. The Morgan fingerprint density at radius 2 is 1.46 bits per heavy atom. The third-order valence-electron chi connectivity index (χ3n) is 3.95. The maximum Gasteiger partial charge on any atom is 0.138 e. The van der Waals surface area contributed by atoms with Crippen LogP contribution in [0.1, 0.15) is 12.5 Å². The summed E-state index contributed by atoms with van der Waals surface area (Å²) in [5.41, 5.74) is 2.39. The second kappa shape index (κ2) is 7.59. The second-order valence-corrected chi connectivity index (χ2v) is 5.66. The SMILES string of the molecule is CCN(c1ccccc1)c1cc(N(C)Cc2ccccc2)ncn1. The van der Waals surface area contributed by atoms with Crippen LogP contribution in [0.25, 0.3) is 0 Å². The van der Waals surface area contributed by atoms with E-state index in [4.69, 9.17) is 0 Å². The number of hydrogen-bond donors (Lipinski definition) is 0. The Kier molecular flexibility index (Phi) is 5.06. The third-order valence-corrected chi connectivity index (χ3v) is 3.95. The standard InChI is InChI=1S/C20H22N4/c1-3-24(18-12-8-5-9-13-18)20-14-19(21-16-22-20)23(2)15-17-10-6-4-7-11-17/h4-14,16H,3,15H2,1-2H3. The first kappa shape index (κ1) is 16.0. The van der Waals surface area contributed by atoms with E-state index < -0.39 is 0 Å². The van der Waals surface area contributed by atoms with E-state index >= 15 is 0 Å². The minimum absolute atomic E-state index is 0.814. The van der Waals surface area contributed by atoms with Gasteiger partial charge in [0.25, 0.3) is 0 Å². The molecule has 0 radical (unpaired) electrons. The highest BCUT2D eigenvalue weighted by atomic mass is 15.2. The molecule has 24 heavy (non-hydrogen) atoms. The number of benzene rings is 2. The minimum Gasteiger partial charge on any atom is -0.355 e. The normalized spacial score (nSPS) is 10.4. The van der Waals surface area contributed by atoms with Crippen LogP contribution in [0, 0.1) is 0 Å². The highest BCUT2D eigenvalue weighted by Crippen LogP contribution is 2.25. The Labute approximate surface area is 143 Å². The fourth-order valence-electron chi connectivity index (χ4n) is 2.72. The van der Waals surface area contributed by atoms with Gasteiger partial charge in [0.1, 0.15) is 18.0 Å². The van der Waals surface area contributed by atoms with Gasteiger partial charge in [-0.25, -0.2) is 9.97 Å². The summed E-state index contributed by atoms with van der Waals surface area (Å²) in [6.07, 6.45) is 1.64. The fraction of sp³-hybridized carbons (Fsp3) is 0.200. The van der Waals surface area contributed by atoms with Crippen LogP contribution in [0.3, 0.4) is 0 Å². The van der Waals surface area contributed by atoms with Crippen LogP contribution < -0.4 is 9.80 Å². The molecule has 1 aromatic heterocycles. The molecule has 2 aromatic carbocycles. The van der Waals surface area contributed by atoms with Crippen LogP contribution in [-0.4, -0.2) is 23.6 Å². The van der Waals surface area contributed by atoms with Gasteiger partial charge in [0.2, 0.25) is 0 Å². The Bertz CT molecular complexity index is 759. The number of hydrogen-bond acceptors (Lipinski definition) is 4. The molecule has 122 valence electrons. The van der Waals surface area contributed by atoms with Gasteiger partial charge in [-0.1, -0.05) is 48.5 Å². The van der Waals surface area contributed by atoms with Gasteiger partial charge in [0.05, 0.1) is 0 Å². The number of para-hydroxylation sites is 1. The second-order valence-electron chi connectivity index (χ2n) is 5.66. The molecule has 0 amide bonds. The Hall–Kier alpha value is -2.88. The molecule has 1 heterocycles. The maximum absolute atomic E-state index is 4.46. The van der Waals surface area contributed by atoms with Crippen LogP contribution >= 0.6 is 0 Å². The molecule has 0 aliphatic carbocycles. The molecule has 0 saturated carbocycles. The van der Waals surface area contributed by atoms with Crippen molar-refractivity contribution in [2.24, 2.45) is 0 Å². The van der Waals surface area contributed by atoms with Crippen LogP contribution in [0.4, 0.5) is 17.3 Å². The van der Waals surface area contributed by atoms with Crippen LogP contribution in [-0.2, 0) is 6.54 Å². The van der Waals surface area contributed by atoms with Gasteiger partial charge in [-0.3, -0.25) is 0 Å². The highest BCUT2D eigenvalue weighted by molar-refractivity contribution is 5.62. The van der Waals surface area contributed by atoms with Crippen LogP contribution in [0.15, 0.2) is 73.1 Å². The zero-order valence-corrected chi connectivity index (χ0v) is 14.1. The Morgan fingerprint density at radius 3 is 2.12 bits per heavy atom. The summed E-state index contributed by atoms with van der Waals surface area (Å²) in [5.74, 6) is 1.83. The number of anilines is 3. The molecule has 0 spiro atoms. The molecule has 0 aliphatic heterocycles. The van der Waals surface area contributed by atoms with Gasteiger partial charge in [-0.15, -0.1) is 0 Å². The predicted molar refractivity (Wildman–Crippen MR) is 99.7 cm³/mol. The minimum atomic E-state index is 0.814. The average molecular weight is 318 g/mol. The van der Waals surface area contributed by atoms with Gasteiger partial charge < -0.3 is 9.80 Å². The molecular formula is C20H22N4. The lowest BCUT2D eigenvalue weighted by atomic mass is 10.2. The molecule has 4 nitrogen and oxygen atoms in total. The summed E-state index contributed by atoms with van der Waals surface area (Å²) in [6, 6.07) is 22.7. The van der Waals surface area contributed by atoms with E-state index in [0.29, 0.717) is 0 Å². The van der Waals surface area contributed by atoms with Crippen molar-refractivity contribution in [1.82, 2.24) is 9.97 Å². The van der Waals surface area contributed by atoms with Gasteiger partial charge in [-0.05, 0) is 24.6 Å². The zero-order chi connectivity index (χ0) is 16.8. The lowest BCUT2D eigenvalue weighted by Crippen LogP contribution is -2.21. The third kappa shape index (κ3) is 3.71. The van der Waals surface area contributed by atoms with Crippen molar-refractivity contribution in [2.45, 2.75) is 13.5 Å². The van der Waals surface area contributed by atoms with Crippen molar-refractivity contribution in [3.8, 4) is 0 Å². The zero-order valence-electron chi connectivity index (χ0n) is 14.1. The van der Waals surface area contributed by atoms with E-state index in [9.17, 15) is 0 Å². The number of aromatic nitrogens is 2. The number of nitrogens with zero attached hydrogens (tertiary/aromatic N) is 4. The molecule has 3 aromatic rings. The first-order valence-corrected chi connectivity index (χ1v) is 8.17. The van der Waals surface area contributed by atoms with E-state index in [-0.39, 0.29) is 0 Å². The van der Waals surface area contributed by atoms with E-state index in [1.807, 2.05) is 30.3 Å².